The van der Waals surface area contributed by atoms with Crippen LogP contribution in [0.15, 0.2) is 275 Å². The van der Waals surface area contributed by atoms with Crippen molar-refractivity contribution in [1.82, 2.24) is 4.57 Å². The highest BCUT2D eigenvalue weighted by Gasteiger charge is 2.19. The van der Waals surface area contributed by atoms with Gasteiger partial charge in [-0.15, -0.1) is 6.58 Å². The molecular weight excluding hydrogens is 891 g/mol. The zero-order valence-corrected chi connectivity index (χ0v) is 43.3. The van der Waals surface area contributed by atoms with Gasteiger partial charge < -0.3 is 4.57 Å². The van der Waals surface area contributed by atoms with Crippen molar-refractivity contribution in [2.75, 3.05) is 0 Å². The second kappa shape index (κ2) is 23.0. The van der Waals surface area contributed by atoms with Crippen molar-refractivity contribution in [1.29, 1.82) is 0 Å². The third-order valence-electron chi connectivity index (χ3n) is 13.7. The van der Waals surface area contributed by atoms with Gasteiger partial charge in [-0.2, -0.15) is 0 Å². The Labute approximate surface area is 438 Å². The van der Waals surface area contributed by atoms with Crippen molar-refractivity contribution in [2.24, 2.45) is 0 Å². The molecule has 0 amide bonds. The molecule has 74 heavy (non-hydrogen) atoms. The van der Waals surface area contributed by atoms with E-state index in [2.05, 4.69) is 262 Å². The number of rotatable bonds is 11. The third kappa shape index (κ3) is 9.81. The van der Waals surface area contributed by atoms with Crippen LogP contribution in [0.2, 0.25) is 0 Å². The minimum atomic E-state index is 1.08. The van der Waals surface area contributed by atoms with Crippen LogP contribution in [-0.4, -0.2) is 4.57 Å². The predicted molar refractivity (Wildman–Crippen MR) is 327 cm³/mol. The minimum absolute atomic E-state index is 1.08. The van der Waals surface area contributed by atoms with Gasteiger partial charge in [0.2, 0.25) is 0 Å². The van der Waals surface area contributed by atoms with Gasteiger partial charge in [0, 0.05) is 16.5 Å². The van der Waals surface area contributed by atoms with Crippen LogP contribution < -0.4 is 0 Å². The van der Waals surface area contributed by atoms with Crippen LogP contribution in [0.1, 0.15) is 45.7 Å². The van der Waals surface area contributed by atoms with Crippen LogP contribution >= 0.6 is 0 Å². The lowest BCUT2D eigenvalue weighted by atomic mass is 9.89. The molecule has 0 saturated carbocycles. The molecule has 0 aliphatic heterocycles. The van der Waals surface area contributed by atoms with E-state index in [1.807, 2.05) is 45.9 Å². The predicted octanol–water partition coefficient (Wildman–Crippen LogP) is 21.4. The molecule has 0 aliphatic carbocycles. The van der Waals surface area contributed by atoms with Crippen molar-refractivity contribution < 1.29 is 0 Å². The summed E-state index contributed by atoms with van der Waals surface area (Å²) in [6.45, 7) is 21.6. The number of benzene rings is 10. The standard InChI is InChI=1S/C68H51N.C3H6.C2H6/c1-5-9-20-47(8-4)52-32-38-59(63(42-52)49-23-14-11-15-24-49)55-34-40-68-66(45-55)65-44-54(58-37-31-51(46(6-2)7-3)41-62(58)48-21-12-10-13-22-48)33-39-67(65)69(68)56-35-29-50(30-36-56)64-43-53-25-16-17-26-57(53)60-27-18-19-28-61(60)64;1-3-2;1-2/h5-45H,2,4H2,1,3H3;3H,1H2,2H3;1-2H3/b9-5-,46-7+,47-20+;;. The van der Waals surface area contributed by atoms with Crippen molar-refractivity contribution in [2.45, 2.75) is 34.6 Å². The lowest BCUT2D eigenvalue weighted by molar-refractivity contribution is 1.18. The fraction of sp³-hybridized carbons (Fsp3) is 0.0685. The number of fused-ring (bicyclic) bond motifs is 6. The highest BCUT2D eigenvalue weighted by Crippen LogP contribution is 2.43. The Morgan fingerprint density at radius 3 is 1.35 bits per heavy atom. The summed E-state index contributed by atoms with van der Waals surface area (Å²) in [6.07, 6.45) is 14.0. The van der Waals surface area contributed by atoms with Crippen molar-refractivity contribution >= 4 is 54.5 Å². The van der Waals surface area contributed by atoms with Crippen molar-refractivity contribution in [3.05, 3.63) is 286 Å². The Bertz CT molecular complexity index is 3910. The monoisotopic (exact) mass is 953 g/mol. The number of allylic oxidation sites excluding steroid dienone is 9. The number of nitrogens with zero attached hydrogens (tertiary/aromatic N) is 1. The van der Waals surface area contributed by atoms with Crippen molar-refractivity contribution in [3.63, 3.8) is 0 Å². The van der Waals surface area contributed by atoms with E-state index >= 15 is 0 Å². The molecule has 1 aromatic heterocycles. The average Bonchev–Trinajstić information content (AvgIpc) is 3.79. The average molecular weight is 954 g/mol. The van der Waals surface area contributed by atoms with Crippen LogP contribution in [0, 0.1) is 0 Å². The first-order valence-corrected chi connectivity index (χ1v) is 25.8. The van der Waals surface area contributed by atoms with Gasteiger partial charge in [-0.1, -0.05) is 227 Å². The smallest absolute Gasteiger partial charge is 0.0541 e. The molecule has 0 saturated heterocycles. The summed E-state index contributed by atoms with van der Waals surface area (Å²) in [5.74, 6) is 0. The Kier molecular flexibility index (Phi) is 15.5. The van der Waals surface area contributed by atoms with Crippen LogP contribution in [0.5, 0.6) is 0 Å². The molecule has 1 heterocycles. The topological polar surface area (TPSA) is 4.93 Å². The number of aromatic nitrogens is 1. The highest BCUT2D eigenvalue weighted by molar-refractivity contribution is 6.15. The fourth-order valence-electron chi connectivity index (χ4n) is 10.3. The van der Waals surface area contributed by atoms with E-state index in [9.17, 15) is 0 Å². The molecule has 1 nitrogen and oxygen atoms in total. The maximum absolute atomic E-state index is 4.17. The van der Waals surface area contributed by atoms with E-state index in [4.69, 9.17) is 0 Å². The summed E-state index contributed by atoms with van der Waals surface area (Å²) in [6, 6.07) is 78.1. The highest BCUT2D eigenvalue weighted by atomic mass is 15.0. The van der Waals surface area contributed by atoms with Gasteiger partial charge in [-0.25, -0.2) is 0 Å². The second-order valence-electron chi connectivity index (χ2n) is 18.0. The van der Waals surface area contributed by atoms with E-state index in [1.165, 1.54) is 76.8 Å². The number of hydrogen-bond acceptors (Lipinski definition) is 0. The van der Waals surface area contributed by atoms with E-state index in [0.717, 1.165) is 50.1 Å². The molecule has 360 valence electrons. The molecule has 11 aromatic rings. The largest absolute Gasteiger partial charge is 0.309 e. The molecule has 0 radical (unpaired) electrons. The lowest BCUT2D eigenvalue weighted by Crippen LogP contribution is -1.94. The Morgan fingerprint density at radius 2 is 0.838 bits per heavy atom. The van der Waals surface area contributed by atoms with Crippen LogP contribution in [0.4, 0.5) is 0 Å². The van der Waals surface area contributed by atoms with E-state index in [0.29, 0.717) is 0 Å². The molecule has 11 rings (SSSR count). The molecule has 1 heteroatoms. The molecule has 10 aromatic carbocycles. The molecule has 0 spiro atoms. The summed E-state index contributed by atoms with van der Waals surface area (Å²) in [4.78, 5) is 0. The van der Waals surface area contributed by atoms with E-state index < -0.39 is 0 Å². The first-order valence-electron chi connectivity index (χ1n) is 25.8. The second-order valence-corrected chi connectivity index (χ2v) is 18.0. The summed E-state index contributed by atoms with van der Waals surface area (Å²) < 4.78 is 2.44. The van der Waals surface area contributed by atoms with Gasteiger partial charge in [0.05, 0.1) is 11.0 Å². The Morgan fingerprint density at radius 1 is 0.378 bits per heavy atom. The molecule has 0 fully saturated rings. The van der Waals surface area contributed by atoms with E-state index in [1.54, 1.807) is 6.08 Å². The normalized spacial score (nSPS) is 11.6. The molecule has 0 unspecified atom stereocenters. The molecule has 0 N–H and O–H groups in total. The van der Waals surface area contributed by atoms with Crippen LogP contribution in [-0.2, 0) is 0 Å². The summed E-state index contributed by atoms with van der Waals surface area (Å²) in [5.41, 5.74) is 19.7. The van der Waals surface area contributed by atoms with Gasteiger partial charge in [0.15, 0.2) is 0 Å². The van der Waals surface area contributed by atoms with Crippen LogP contribution in [0.3, 0.4) is 0 Å². The van der Waals surface area contributed by atoms with Gasteiger partial charge in [-0.05, 0) is 175 Å². The zero-order valence-electron chi connectivity index (χ0n) is 43.3. The van der Waals surface area contributed by atoms with Gasteiger partial charge in [0.1, 0.15) is 0 Å². The zero-order chi connectivity index (χ0) is 51.6. The summed E-state index contributed by atoms with van der Waals surface area (Å²) >= 11 is 0. The molecule has 0 bridgehead atoms. The summed E-state index contributed by atoms with van der Waals surface area (Å²) in [5, 5.41) is 7.43. The molecule has 0 atom stereocenters. The first kappa shape index (κ1) is 49.9. The van der Waals surface area contributed by atoms with Gasteiger partial charge >= 0.3 is 0 Å². The minimum Gasteiger partial charge on any atom is -0.309 e. The van der Waals surface area contributed by atoms with Crippen LogP contribution in [0.25, 0.3) is 116 Å². The van der Waals surface area contributed by atoms with Crippen molar-refractivity contribution in [3.8, 4) is 61.3 Å². The number of hydrogen-bond donors (Lipinski definition) is 0. The Hall–Kier alpha value is -9.04. The SMILES string of the molecule is C=C/C(=C\C)c1ccc(-c2ccc3c(c2)c2cc(-c4ccc(/C(C=C)=C/C=C\C)cc4-c4ccccc4)ccc2n3-c2ccc(-c3cc4ccccc4c4ccccc34)cc2)c(-c2ccccc2)c1.C=CC.CC. The van der Waals surface area contributed by atoms with Gasteiger partial charge in [0.25, 0.3) is 0 Å². The fourth-order valence-corrected chi connectivity index (χ4v) is 10.3. The quantitative estimate of drug-likeness (QED) is 0.0692. The maximum atomic E-state index is 4.17. The molecular formula is C73H63N. The van der Waals surface area contributed by atoms with E-state index in [-0.39, 0.29) is 0 Å². The Balaban J connectivity index is 0.00000130. The third-order valence-corrected chi connectivity index (χ3v) is 13.7. The first-order chi connectivity index (χ1) is 36.5. The maximum Gasteiger partial charge on any atom is 0.0541 e. The van der Waals surface area contributed by atoms with Gasteiger partial charge in [-0.3, -0.25) is 0 Å². The summed E-state index contributed by atoms with van der Waals surface area (Å²) in [7, 11) is 0. The lowest BCUT2D eigenvalue weighted by Gasteiger charge is -2.14. The molecule has 0 aliphatic rings.